The first kappa shape index (κ1) is 30.7. The van der Waals surface area contributed by atoms with Crippen LogP contribution in [0.5, 0.6) is 0 Å². The van der Waals surface area contributed by atoms with E-state index in [0.717, 1.165) is 28.8 Å². The molecule has 0 fully saturated rings. The summed E-state index contributed by atoms with van der Waals surface area (Å²) in [5, 5.41) is 13.4. The molecule has 0 saturated heterocycles. The van der Waals surface area contributed by atoms with E-state index in [1.165, 1.54) is 12.1 Å². The predicted molar refractivity (Wildman–Crippen MR) is 160 cm³/mol. The lowest BCUT2D eigenvalue weighted by atomic mass is 9.73. The Labute approximate surface area is 252 Å². The van der Waals surface area contributed by atoms with Gasteiger partial charge in [-0.2, -0.15) is 13.2 Å². The summed E-state index contributed by atoms with van der Waals surface area (Å²) in [6.45, 7) is -1.42. The van der Waals surface area contributed by atoms with Gasteiger partial charge in [0.25, 0.3) is 15.7 Å². The van der Waals surface area contributed by atoms with Crippen LogP contribution >= 0.6 is 0 Å². The Balaban J connectivity index is 1.30. The van der Waals surface area contributed by atoms with Gasteiger partial charge in [-0.3, -0.25) is 19.6 Å². The van der Waals surface area contributed by atoms with Crippen LogP contribution < -0.4 is 10.0 Å². The Morgan fingerprint density at radius 2 is 1.39 bits per heavy atom. The molecule has 0 aliphatic heterocycles. The highest BCUT2D eigenvalue weighted by Gasteiger charge is 2.49. The van der Waals surface area contributed by atoms with Gasteiger partial charge in [-0.1, -0.05) is 79.2 Å². The molecule has 12 heteroatoms. The van der Waals surface area contributed by atoms with E-state index in [-0.39, 0.29) is 5.69 Å². The largest absolute Gasteiger partial charge is 0.405 e. The molecule has 0 heterocycles. The van der Waals surface area contributed by atoms with Gasteiger partial charge in [0.2, 0.25) is 5.91 Å². The highest BCUT2D eigenvalue weighted by Crippen LogP contribution is 2.51. The molecule has 1 amide bonds. The van der Waals surface area contributed by atoms with E-state index >= 15 is 0 Å². The van der Waals surface area contributed by atoms with E-state index in [2.05, 4.69) is 10.0 Å². The number of hydrogen-bond donors (Lipinski definition) is 2. The third-order valence-corrected chi connectivity index (χ3v) is 9.15. The van der Waals surface area contributed by atoms with Crippen molar-refractivity contribution in [3.05, 3.63) is 124 Å². The number of aryl methyl sites for hydroxylation is 1. The van der Waals surface area contributed by atoms with E-state index in [1.807, 2.05) is 24.3 Å². The van der Waals surface area contributed by atoms with E-state index in [9.17, 15) is 36.5 Å². The van der Waals surface area contributed by atoms with Gasteiger partial charge in [0.05, 0.1) is 4.92 Å². The number of nitro groups is 1. The van der Waals surface area contributed by atoms with Crippen molar-refractivity contribution < 1.29 is 31.3 Å². The van der Waals surface area contributed by atoms with Gasteiger partial charge in [0.15, 0.2) is 4.90 Å². The molecule has 5 rings (SSSR count). The zero-order valence-electron chi connectivity index (χ0n) is 23.3. The molecular weight excluding hydrogens is 595 g/mol. The number of anilines is 1. The van der Waals surface area contributed by atoms with Gasteiger partial charge in [0.1, 0.15) is 12.0 Å². The van der Waals surface area contributed by atoms with Crippen LogP contribution in [0, 0.1) is 10.1 Å². The van der Waals surface area contributed by atoms with Crippen LogP contribution in [-0.2, 0) is 26.7 Å². The summed E-state index contributed by atoms with van der Waals surface area (Å²) in [6, 6.07) is 26.2. The fraction of sp³-hybridized carbons (Fsp3) is 0.219. The molecule has 44 heavy (non-hydrogen) atoms. The number of carbonyl (C=O) groups excluding carboxylic acids is 1. The van der Waals surface area contributed by atoms with Crippen molar-refractivity contribution in [3.8, 4) is 11.1 Å². The number of fused-ring (bicyclic) bond motifs is 3. The molecule has 0 unspecified atom stereocenters. The van der Waals surface area contributed by atoms with Crippen molar-refractivity contribution in [2.75, 3.05) is 11.3 Å². The minimum atomic E-state index is -4.55. The molecule has 1 aliphatic carbocycles. The number of alkyl halides is 3. The molecule has 1 aliphatic rings. The topological polar surface area (TPSA) is 118 Å². The number of sulfonamides is 1. The van der Waals surface area contributed by atoms with Crippen LogP contribution in [0.25, 0.3) is 11.1 Å². The summed E-state index contributed by atoms with van der Waals surface area (Å²) in [5.41, 5.74) is 2.29. The number of carbonyl (C=O) groups is 1. The summed E-state index contributed by atoms with van der Waals surface area (Å²) in [4.78, 5) is 23.7. The zero-order chi connectivity index (χ0) is 31.5. The summed E-state index contributed by atoms with van der Waals surface area (Å²) in [7, 11) is -4.21. The maximum Gasteiger partial charge on any atom is 0.405 e. The average Bonchev–Trinajstić information content (AvgIpc) is 3.29. The molecule has 0 radical (unpaired) electrons. The van der Waals surface area contributed by atoms with E-state index in [0.29, 0.717) is 36.8 Å². The van der Waals surface area contributed by atoms with Gasteiger partial charge in [-0.05, 0) is 65.3 Å². The molecule has 0 saturated carbocycles. The Bertz CT molecular complexity index is 1760. The van der Waals surface area contributed by atoms with Crippen LogP contribution in [0.2, 0.25) is 0 Å². The number of nitrogens with one attached hydrogen (secondary N) is 2. The quantitative estimate of drug-likeness (QED) is 0.109. The molecule has 0 spiro atoms. The molecule has 228 valence electrons. The fourth-order valence-electron chi connectivity index (χ4n) is 5.79. The number of halogens is 3. The minimum absolute atomic E-state index is 0.228. The Kier molecular flexibility index (Phi) is 8.46. The van der Waals surface area contributed by atoms with E-state index in [1.54, 1.807) is 48.5 Å². The molecule has 4 aromatic rings. The lowest BCUT2D eigenvalue weighted by Gasteiger charge is -2.31. The summed E-state index contributed by atoms with van der Waals surface area (Å²) in [6.07, 6.45) is -2.56. The highest BCUT2D eigenvalue weighted by molar-refractivity contribution is 7.92. The molecule has 8 nitrogen and oxygen atoms in total. The molecule has 2 N–H and O–H groups in total. The first-order chi connectivity index (χ1) is 20.9. The van der Waals surface area contributed by atoms with Crippen molar-refractivity contribution in [2.45, 2.75) is 42.2 Å². The molecule has 0 bridgehead atoms. The second-order valence-electron chi connectivity index (χ2n) is 10.5. The van der Waals surface area contributed by atoms with Gasteiger partial charge >= 0.3 is 6.18 Å². The van der Waals surface area contributed by atoms with Crippen molar-refractivity contribution in [1.82, 2.24) is 5.32 Å². The number of rotatable bonds is 11. The first-order valence-corrected chi connectivity index (χ1v) is 15.3. The third-order valence-electron chi connectivity index (χ3n) is 7.73. The number of nitro benzene ring substituents is 1. The van der Waals surface area contributed by atoms with Crippen LogP contribution in [0.3, 0.4) is 0 Å². The molecule has 4 aromatic carbocycles. The smallest absolute Gasteiger partial charge is 0.346 e. The number of benzene rings is 4. The summed E-state index contributed by atoms with van der Waals surface area (Å²) in [5.74, 6) is -0.692. The number of unbranched alkanes of at least 4 members (excludes halogenated alkanes) is 1. The highest BCUT2D eigenvalue weighted by atomic mass is 32.2. The van der Waals surface area contributed by atoms with Gasteiger partial charge < -0.3 is 5.32 Å². The van der Waals surface area contributed by atoms with Crippen LogP contribution in [0.15, 0.2) is 102 Å². The van der Waals surface area contributed by atoms with E-state index < -0.39 is 49.6 Å². The maximum absolute atomic E-state index is 13.6. The Morgan fingerprint density at radius 3 is 1.98 bits per heavy atom. The van der Waals surface area contributed by atoms with Crippen LogP contribution in [0.1, 0.15) is 36.0 Å². The van der Waals surface area contributed by atoms with Crippen molar-refractivity contribution in [1.29, 1.82) is 0 Å². The monoisotopic (exact) mass is 623 g/mol. The summed E-state index contributed by atoms with van der Waals surface area (Å²) < 4.78 is 67.2. The van der Waals surface area contributed by atoms with Crippen LogP contribution in [0.4, 0.5) is 24.5 Å². The minimum Gasteiger partial charge on any atom is -0.346 e. The standard InChI is InChI=1S/C32H28F3N3O5S/c33-32(34,35)21-36-30(39)31(26-12-3-1-10-24(26)25-11-2-4-13-27(25)31)20-8-7-9-22-16-18-23(19-17-22)37-44(42,43)29-15-6-5-14-28(29)38(40)41/h1-6,10-19,37H,7-9,20-21H2,(H,36,39). The number of para-hydroxylation sites is 1. The van der Waals surface area contributed by atoms with Gasteiger partial charge in [-0.15, -0.1) is 0 Å². The lowest BCUT2D eigenvalue weighted by Crippen LogP contribution is -2.47. The first-order valence-electron chi connectivity index (χ1n) is 13.8. The van der Waals surface area contributed by atoms with Gasteiger partial charge in [0, 0.05) is 11.8 Å². The molecule has 0 aromatic heterocycles. The molecule has 0 atom stereocenters. The average molecular weight is 624 g/mol. The molecular formula is C32H28F3N3O5S. The van der Waals surface area contributed by atoms with Gasteiger partial charge in [-0.25, -0.2) is 8.42 Å². The Morgan fingerprint density at radius 1 is 0.818 bits per heavy atom. The summed E-state index contributed by atoms with van der Waals surface area (Å²) >= 11 is 0. The van der Waals surface area contributed by atoms with Crippen molar-refractivity contribution in [3.63, 3.8) is 0 Å². The van der Waals surface area contributed by atoms with Crippen molar-refractivity contribution in [2.24, 2.45) is 0 Å². The van der Waals surface area contributed by atoms with Crippen LogP contribution in [-0.4, -0.2) is 32.0 Å². The predicted octanol–water partition coefficient (Wildman–Crippen LogP) is 6.75. The second kappa shape index (κ2) is 12.1. The number of nitrogens with zero attached hydrogens (tertiary/aromatic N) is 1. The normalized spacial score (nSPS) is 13.5. The fourth-order valence-corrected chi connectivity index (χ4v) is 7.02. The number of amides is 1. The van der Waals surface area contributed by atoms with Crippen molar-refractivity contribution >= 4 is 27.3 Å². The SMILES string of the molecule is O=C(NCC(F)(F)F)C1(CCCCc2ccc(NS(=O)(=O)c3ccccc3[N+](=O)[O-])cc2)c2ccccc2-c2ccccc21. The third kappa shape index (κ3) is 6.16. The Hall–Kier alpha value is -4.71. The maximum atomic E-state index is 13.6. The van der Waals surface area contributed by atoms with E-state index in [4.69, 9.17) is 0 Å². The number of hydrogen-bond acceptors (Lipinski definition) is 5. The zero-order valence-corrected chi connectivity index (χ0v) is 24.1. The lowest BCUT2D eigenvalue weighted by molar-refractivity contribution is -0.387. The second-order valence-corrected chi connectivity index (χ2v) is 12.2.